The van der Waals surface area contributed by atoms with Crippen LogP contribution in [0.1, 0.15) is 33.3 Å². The van der Waals surface area contributed by atoms with Crippen LogP contribution >= 0.6 is 0 Å². The zero-order valence-corrected chi connectivity index (χ0v) is 11.5. The molecular formula is C14H20FNO2. The van der Waals surface area contributed by atoms with Crippen LogP contribution < -0.4 is 5.32 Å². The van der Waals surface area contributed by atoms with Gasteiger partial charge in [0.2, 0.25) is 0 Å². The maximum atomic E-state index is 13.6. The molecule has 0 aliphatic heterocycles. The average molecular weight is 253 g/mol. The molecule has 0 aliphatic carbocycles. The van der Waals surface area contributed by atoms with Gasteiger partial charge >= 0.3 is 5.97 Å². The molecule has 3 nitrogen and oxygen atoms in total. The van der Waals surface area contributed by atoms with Crippen LogP contribution in [0.15, 0.2) is 18.2 Å². The molecule has 1 aromatic carbocycles. The van der Waals surface area contributed by atoms with E-state index in [-0.39, 0.29) is 5.82 Å². The molecule has 4 heteroatoms. The van der Waals surface area contributed by atoms with Gasteiger partial charge in [-0.15, -0.1) is 0 Å². The second-order valence-electron chi connectivity index (χ2n) is 5.33. The summed E-state index contributed by atoms with van der Waals surface area (Å²) in [6, 6.07) is 4.18. The summed E-state index contributed by atoms with van der Waals surface area (Å²) in [5.74, 6) is -0.768. The minimum Gasteiger partial charge on any atom is -0.458 e. The Morgan fingerprint density at radius 2 is 2.00 bits per heavy atom. The van der Waals surface area contributed by atoms with Crippen molar-refractivity contribution in [2.45, 2.75) is 46.3 Å². The summed E-state index contributed by atoms with van der Waals surface area (Å²) in [6.07, 6.45) is 0. The molecule has 0 fully saturated rings. The Balaban J connectivity index is 2.76. The van der Waals surface area contributed by atoms with Gasteiger partial charge in [0.05, 0.1) is 5.69 Å². The van der Waals surface area contributed by atoms with E-state index in [9.17, 15) is 9.18 Å². The molecule has 1 unspecified atom stereocenters. The smallest absolute Gasteiger partial charge is 0.328 e. The van der Waals surface area contributed by atoms with Crippen molar-refractivity contribution in [2.24, 2.45) is 0 Å². The number of nitrogens with one attached hydrogen (secondary N) is 1. The first kappa shape index (κ1) is 14.5. The van der Waals surface area contributed by atoms with Crippen LogP contribution in [-0.4, -0.2) is 17.6 Å². The maximum Gasteiger partial charge on any atom is 0.328 e. The number of aryl methyl sites for hydroxylation is 1. The number of rotatable bonds is 3. The fraction of sp³-hybridized carbons (Fsp3) is 0.500. The normalized spacial score (nSPS) is 13.0. The van der Waals surface area contributed by atoms with Crippen LogP contribution in [0.4, 0.5) is 10.1 Å². The van der Waals surface area contributed by atoms with Gasteiger partial charge in [0.1, 0.15) is 17.5 Å². The van der Waals surface area contributed by atoms with Crippen LogP contribution in [0.3, 0.4) is 0 Å². The Morgan fingerprint density at radius 3 is 2.50 bits per heavy atom. The van der Waals surface area contributed by atoms with E-state index in [4.69, 9.17) is 4.74 Å². The highest BCUT2D eigenvalue weighted by molar-refractivity contribution is 5.79. The molecule has 0 saturated carbocycles. The molecule has 0 saturated heterocycles. The molecule has 1 N–H and O–H groups in total. The quantitative estimate of drug-likeness (QED) is 0.840. The summed E-state index contributed by atoms with van der Waals surface area (Å²) in [4.78, 5) is 11.8. The topological polar surface area (TPSA) is 38.3 Å². The highest BCUT2D eigenvalue weighted by atomic mass is 19.1. The lowest BCUT2D eigenvalue weighted by Crippen LogP contribution is -2.34. The van der Waals surface area contributed by atoms with Crippen molar-refractivity contribution in [1.29, 1.82) is 0 Å². The zero-order chi connectivity index (χ0) is 13.9. The number of esters is 1. The minimum absolute atomic E-state index is 0.343. The van der Waals surface area contributed by atoms with Crippen molar-refractivity contribution >= 4 is 11.7 Å². The molecule has 1 aromatic rings. The van der Waals surface area contributed by atoms with Crippen molar-refractivity contribution in [2.75, 3.05) is 5.32 Å². The number of carbonyl (C=O) groups excluding carboxylic acids is 1. The van der Waals surface area contributed by atoms with E-state index in [1.165, 1.54) is 6.07 Å². The van der Waals surface area contributed by atoms with Gasteiger partial charge in [-0.05, 0) is 46.2 Å². The van der Waals surface area contributed by atoms with Crippen LogP contribution in [-0.2, 0) is 9.53 Å². The van der Waals surface area contributed by atoms with Crippen molar-refractivity contribution < 1.29 is 13.9 Å². The van der Waals surface area contributed by atoms with E-state index in [2.05, 4.69) is 5.32 Å². The summed E-state index contributed by atoms with van der Waals surface area (Å²) in [5.41, 5.74) is 0.554. The fourth-order valence-electron chi connectivity index (χ4n) is 1.48. The number of ether oxygens (including phenoxy) is 1. The lowest BCUT2D eigenvalue weighted by atomic mass is 10.1. The summed E-state index contributed by atoms with van der Waals surface area (Å²) in [6.45, 7) is 8.83. The lowest BCUT2D eigenvalue weighted by molar-refractivity contribution is -0.155. The van der Waals surface area contributed by atoms with Crippen molar-refractivity contribution in [3.8, 4) is 0 Å². The van der Waals surface area contributed by atoms with Crippen LogP contribution in [0.25, 0.3) is 0 Å². The minimum atomic E-state index is -0.597. The highest BCUT2D eigenvalue weighted by Gasteiger charge is 2.22. The third-order valence-electron chi connectivity index (χ3n) is 2.34. The highest BCUT2D eigenvalue weighted by Crippen LogP contribution is 2.20. The third kappa shape index (κ3) is 4.02. The Labute approximate surface area is 107 Å². The first-order valence-electron chi connectivity index (χ1n) is 5.95. The van der Waals surface area contributed by atoms with Gasteiger partial charge in [-0.1, -0.05) is 12.1 Å². The standard InChI is InChI=1S/C14H20FNO2/c1-9-7-6-8-11(15)12(9)16-10(2)13(17)18-14(3,4)5/h6-8,10,16H,1-5H3. The molecular weight excluding hydrogens is 233 g/mol. The van der Waals surface area contributed by atoms with E-state index in [0.29, 0.717) is 5.69 Å². The molecule has 0 aliphatic rings. The van der Waals surface area contributed by atoms with Crippen LogP contribution in [0, 0.1) is 12.7 Å². The largest absolute Gasteiger partial charge is 0.458 e. The van der Waals surface area contributed by atoms with Crippen LogP contribution in [0.5, 0.6) is 0 Å². The van der Waals surface area contributed by atoms with Gasteiger partial charge in [-0.2, -0.15) is 0 Å². The Morgan fingerprint density at radius 1 is 1.39 bits per heavy atom. The number of carbonyl (C=O) groups is 1. The number of hydrogen-bond donors (Lipinski definition) is 1. The molecule has 18 heavy (non-hydrogen) atoms. The molecule has 0 bridgehead atoms. The summed E-state index contributed by atoms with van der Waals surface area (Å²) < 4.78 is 18.8. The zero-order valence-electron chi connectivity index (χ0n) is 11.5. The second kappa shape index (κ2) is 5.38. The van der Waals surface area contributed by atoms with Crippen molar-refractivity contribution in [3.63, 3.8) is 0 Å². The van der Waals surface area contributed by atoms with Gasteiger partial charge < -0.3 is 10.1 Å². The summed E-state index contributed by atoms with van der Waals surface area (Å²) in [5, 5.41) is 2.85. The van der Waals surface area contributed by atoms with Crippen LogP contribution in [0.2, 0.25) is 0 Å². The third-order valence-corrected chi connectivity index (χ3v) is 2.34. The number of benzene rings is 1. The predicted molar refractivity (Wildman–Crippen MR) is 70.1 cm³/mol. The fourth-order valence-corrected chi connectivity index (χ4v) is 1.48. The van der Waals surface area contributed by atoms with Gasteiger partial charge in [-0.25, -0.2) is 9.18 Å². The van der Waals surface area contributed by atoms with Gasteiger partial charge in [0, 0.05) is 0 Å². The van der Waals surface area contributed by atoms with E-state index in [1.54, 1.807) is 46.8 Å². The van der Waals surface area contributed by atoms with E-state index in [1.807, 2.05) is 0 Å². The summed E-state index contributed by atoms with van der Waals surface area (Å²) >= 11 is 0. The van der Waals surface area contributed by atoms with Crippen molar-refractivity contribution in [1.82, 2.24) is 0 Å². The molecule has 100 valence electrons. The molecule has 0 spiro atoms. The van der Waals surface area contributed by atoms with Gasteiger partial charge in [-0.3, -0.25) is 0 Å². The molecule has 0 amide bonds. The Bertz CT molecular complexity index is 418. The maximum absolute atomic E-state index is 13.6. The first-order chi connectivity index (χ1) is 8.20. The molecule has 0 heterocycles. The monoisotopic (exact) mass is 253 g/mol. The number of hydrogen-bond acceptors (Lipinski definition) is 3. The number of anilines is 1. The second-order valence-corrected chi connectivity index (χ2v) is 5.33. The molecule has 1 atom stereocenters. The molecule has 0 radical (unpaired) electrons. The van der Waals surface area contributed by atoms with E-state index in [0.717, 1.165) is 5.56 Å². The van der Waals surface area contributed by atoms with Crippen molar-refractivity contribution in [3.05, 3.63) is 29.6 Å². The Hall–Kier alpha value is -1.58. The Kier molecular flexibility index (Phi) is 4.33. The molecule has 1 rings (SSSR count). The first-order valence-corrected chi connectivity index (χ1v) is 5.95. The summed E-state index contributed by atoms with van der Waals surface area (Å²) in [7, 11) is 0. The number of halogens is 1. The van der Waals surface area contributed by atoms with E-state index >= 15 is 0 Å². The lowest BCUT2D eigenvalue weighted by Gasteiger charge is -2.23. The average Bonchev–Trinajstić information content (AvgIpc) is 2.21. The SMILES string of the molecule is Cc1cccc(F)c1NC(C)C(=O)OC(C)(C)C. The number of para-hydroxylation sites is 1. The molecule has 0 aromatic heterocycles. The van der Waals surface area contributed by atoms with Gasteiger partial charge in [0.15, 0.2) is 0 Å². The van der Waals surface area contributed by atoms with E-state index < -0.39 is 17.6 Å². The van der Waals surface area contributed by atoms with Gasteiger partial charge in [0.25, 0.3) is 0 Å². The predicted octanol–water partition coefficient (Wildman–Crippen LogP) is 3.28.